The predicted octanol–water partition coefficient (Wildman–Crippen LogP) is 2.28. The third-order valence-corrected chi connectivity index (χ3v) is 4.55. The monoisotopic (exact) mass is 265 g/mol. The number of hydrogen-bond acceptors (Lipinski definition) is 3. The maximum Gasteiger partial charge on any atom is 0.110 e. The lowest BCUT2D eigenvalue weighted by Gasteiger charge is -2.43. The standard InChI is InChI=1S/C15H27N3O/c1-4-19-15(7-5-12(2)6-8-15)13(16)11-14-17-9-10-18(14)3/h9-10,12-13H,4-8,11,16H2,1-3H3. The summed E-state index contributed by atoms with van der Waals surface area (Å²) < 4.78 is 8.15. The molecule has 1 heterocycles. The third kappa shape index (κ3) is 3.18. The molecule has 0 bridgehead atoms. The largest absolute Gasteiger partial charge is 0.374 e. The number of aryl methyl sites for hydroxylation is 1. The number of imidazole rings is 1. The van der Waals surface area contributed by atoms with Crippen molar-refractivity contribution >= 4 is 0 Å². The molecular weight excluding hydrogens is 238 g/mol. The van der Waals surface area contributed by atoms with Gasteiger partial charge in [-0.3, -0.25) is 0 Å². The topological polar surface area (TPSA) is 53.1 Å². The SMILES string of the molecule is CCOC1(C(N)Cc2nccn2C)CCC(C)CC1. The van der Waals surface area contributed by atoms with Gasteiger partial charge >= 0.3 is 0 Å². The van der Waals surface area contributed by atoms with Gasteiger partial charge < -0.3 is 15.0 Å². The maximum absolute atomic E-state index is 6.50. The smallest absolute Gasteiger partial charge is 0.110 e. The van der Waals surface area contributed by atoms with Crippen molar-refractivity contribution in [1.29, 1.82) is 0 Å². The van der Waals surface area contributed by atoms with Crippen molar-refractivity contribution in [2.75, 3.05) is 6.61 Å². The zero-order valence-corrected chi connectivity index (χ0v) is 12.4. The van der Waals surface area contributed by atoms with Gasteiger partial charge in [-0.1, -0.05) is 6.92 Å². The van der Waals surface area contributed by atoms with Crippen molar-refractivity contribution in [1.82, 2.24) is 9.55 Å². The highest BCUT2D eigenvalue weighted by molar-refractivity contribution is 5.02. The molecule has 1 unspecified atom stereocenters. The number of hydrogen-bond donors (Lipinski definition) is 1. The maximum atomic E-state index is 6.50. The van der Waals surface area contributed by atoms with E-state index in [2.05, 4.69) is 18.8 Å². The van der Waals surface area contributed by atoms with Gasteiger partial charge in [-0.05, 0) is 38.5 Å². The molecule has 0 aliphatic heterocycles. The Morgan fingerprint density at radius 2 is 2.21 bits per heavy atom. The zero-order chi connectivity index (χ0) is 13.9. The van der Waals surface area contributed by atoms with Gasteiger partial charge in [0.2, 0.25) is 0 Å². The van der Waals surface area contributed by atoms with Crippen LogP contribution in [0.1, 0.15) is 45.4 Å². The molecule has 2 N–H and O–H groups in total. The van der Waals surface area contributed by atoms with Crippen LogP contribution >= 0.6 is 0 Å². The summed E-state index contributed by atoms with van der Waals surface area (Å²) >= 11 is 0. The van der Waals surface area contributed by atoms with Crippen LogP contribution in [-0.2, 0) is 18.2 Å². The van der Waals surface area contributed by atoms with Crippen LogP contribution in [-0.4, -0.2) is 27.8 Å². The lowest BCUT2D eigenvalue weighted by Crippen LogP contribution is -2.53. The molecule has 2 rings (SSSR count). The van der Waals surface area contributed by atoms with Crippen LogP contribution in [0.25, 0.3) is 0 Å². The summed E-state index contributed by atoms with van der Waals surface area (Å²) in [6.45, 7) is 5.12. The molecule has 1 saturated carbocycles. The fourth-order valence-corrected chi connectivity index (χ4v) is 3.14. The van der Waals surface area contributed by atoms with E-state index in [0.717, 1.165) is 37.6 Å². The minimum Gasteiger partial charge on any atom is -0.374 e. The Hall–Kier alpha value is -0.870. The number of aromatic nitrogens is 2. The van der Waals surface area contributed by atoms with Gasteiger partial charge in [0.15, 0.2) is 0 Å². The van der Waals surface area contributed by atoms with Crippen LogP contribution in [0.5, 0.6) is 0 Å². The fourth-order valence-electron chi connectivity index (χ4n) is 3.14. The van der Waals surface area contributed by atoms with Crippen molar-refractivity contribution in [3.05, 3.63) is 18.2 Å². The van der Waals surface area contributed by atoms with Crippen LogP contribution in [0, 0.1) is 5.92 Å². The van der Waals surface area contributed by atoms with E-state index < -0.39 is 0 Å². The molecule has 1 aromatic rings. The second-order valence-corrected chi connectivity index (χ2v) is 5.95. The van der Waals surface area contributed by atoms with Crippen LogP contribution in [0.2, 0.25) is 0 Å². The van der Waals surface area contributed by atoms with Gasteiger partial charge in [0.05, 0.1) is 5.60 Å². The van der Waals surface area contributed by atoms with E-state index in [1.54, 1.807) is 0 Å². The average molecular weight is 265 g/mol. The second kappa shape index (κ2) is 6.06. The Balaban J connectivity index is 2.08. The van der Waals surface area contributed by atoms with E-state index in [1.807, 2.05) is 24.0 Å². The lowest BCUT2D eigenvalue weighted by atomic mass is 9.74. The number of ether oxygens (including phenoxy) is 1. The van der Waals surface area contributed by atoms with Gasteiger partial charge in [-0.25, -0.2) is 4.98 Å². The van der Waals surface area contributed by atoms with Crippen LogP contribution in [0.4, 0.5) is 0 Å². The summed E-state index contributed by atoms with van der Waals surface area (Å²) in [7, 11) is 2.02. The molecule has 0 amide bonds. The fraction of sp³-hybridized carbons (Fsp3) is 0.800. The van der Waals surface area contributed by atoms with Crippen LogP contribution in [0.3, 0.4) is 0 Å². The van der Waals surface area contributed by atoms with E-state index in [4.69, 9.17) is 10.5 Å². The first-order chi connectivity index (χ1) is 9.07. The highest BCUT2D eigenvalue weighted by Gasteiger charge is 2.40. The Kier molecular flexibility index (Phi) is 4.63. The molecule has 0 spiro atoms. The first kappa shape index (κ1) is 14.5. The van der Waals surface area contributed by atoms with Crippen molar-refractivity contribution in [3.63, 3.8) is 0 Å². The van der Waals surface area contributed by atoms with Crippen molar-refractivity contribution in [3.8, 4) is 0 Å². The van der Waals surface area contributed by atoms with E-state index in [0.29, 0.717) is 0 Å². The Morgan fingerprint density at radius 1 is 1.53 bits per heavy atom. The zero-order valence-electron chi connectivity index (χ0n) is 12.4. The van der Waals surface area contributed by atoms with Crippen molar-refractivity contribution in [2.45, 2.75) is 57.6 Å². The third-order valence-electron chi connectivity index (χ3n) is 4.55. The molecule has 4 heteroatoms. The Morgan fingerprint density at radius 3 is 2.74 bits per heavy atom. The average Bonchev–Trinajstić information content (AvgIpc) is 2.78. The van der Waals surface area contributed by atoms with Gasteiger partial charge in [-0.2, -0.15) is 0 Å². The summed E-state index contributed by atoms with van der Waals surface area (Å²) in [6, 6.07) is 0.0287. The first-order valence-corrected chi connectivity index (χ1v) is 7.43. The highest BCUT2D eigenvalue weighted by Crippen LogP contribution is 2.37. The number of rotatable bonds is 5. The van der Waals surface area contributed by atoms with Crippen LogP contribution in [0.15, 0.2) is 12.4 Å². The van der Waals surface area contributed by atoms with E-state index in [-0.39, 0.29) is 11.6 Å². The molecule has 1 fully saturated rings. The predicted molar refractivity (Wildman–Crippen MR) is 76.9 cm³/mol. The summed E-state index contributed by atoms with van der Waals surface area (Å²) in [5.41, 5.74) is 6.35. The van der Waals surface area contributed by atoms with Gasteiger partial charge in [0.1, 0.15) is 5.82 Å². The molecule has 0 radical (unpaired) electrons. The molecule has 19 heavy (non-hydrogen) atoms. The summed E-state index contributed by atoms with van der Waals surface area (Å²) in [4.78, 5) is 4.38. The minimum atomic E-state index is -0.146. The second-order valence-electron chi connectivity index (χ2n) is 5.95. The quantitative estimate of drug-likeness (QED) is 0.888. The molecule has 0 aromatic carbocycles. The van der Waals surface area contributed by atoms with Crippen molar-refractivity contribution in [2.24, 2.45) is 18.7 Å². The molecular formula is C15H27N3O. The molecule has 4 nitrogen and oxygen atoms in total. The molecule has 1 aromatic heterocycles. The molecule has 0 saturated heterocycles. The lowest BCUT2D eigenvalue weighted by molar-refractivity contribution is -0.0887. The molecule has 1 aliphatic rings. The Bertz CT molecular complexity index is 394. The van der Waals surface area contributed by atoms with Gasteiger partial charge in [0, 0.05) is 38.5 Å². The minimum absolute atomic E-state index is 0.0287. The van der Waals surface area contributed by atoms with Gasteiger partial charge in [0.25, 0.3) is 0 Å². The van der Waals surface area contributed by atoms with Gasteiger partial charge in [-0.15, -0.1) is 0 Å². The Labute approximate surface area is 116 Å². The number of nitrogens with zero attached hydrogens (tertiary/aromatic N) is 2. The highest BCUT2D eigenvalue weighted by atomic mass is 16.5. The van der Waals surface area contributed by atoms with E-state index >= 15 is 0 Å². The van der Waals surface area contributed by atoms with E-state index in [1.165, 1.54) is 12.8 Å². The van der Waals surface area contributed by atoms with Crippen molar-refractivity contribution < 1.29 is 4.74 Å². The molecule has 1 aliphatic carbocycles. The number of nitrogens with two attached hydrogens (primary N) is 1. The summed E-state index contributed by atoms with van der Waals surface area (Å²) in [5, 5.41) is 0. The van der Waals surface area contributed by atoms with Crippen LogP contribution < -0.4 is 5.73 Å². The molecule has 1 atom stereocenters. The molecule has 108 valence electrons. The van der Waals surface area contributed by atoms with E-state index in [9.17, 15) is 0 Å². The summed E-state index contributed by atoms with van der Waals surface area (Å²) in [5.74, 6) is 1.85. The normalized spacial score (nSPS) is 29.4. The first-order valence-electron chi connectivity index (χ1n) is 7.43. The summed E-state index contributed by atoms with van der Waals surface area (Å²) in [6.07, 6.45) is 9.18.